The Hall–Kier alpha value is -2.30. The maximum atomic E-state index is 12.6. The molecule has 1 aromatic carbocycles. The van der Waals surface area contributed by atoms with E-state index in [4.69, 9.17) is 0 Å². The first-order valence-electron chi connectivity index (χ1n) is 7.10. The van der Waals surface area contributed by atoms with Crippen molar-refractivity contribution in [3.05, 3.63) is 40.2 Å². The van der Waals surface area contributed by atoms with Crippen molar-refractivity contribution in [3.8, 4) is 5.75 Å². The number of benzene rings is 1. The van der Waals surface area contributed by atoms with Crippen LogP contribution in [0.5, 0.6) is 5.75 Å². The molecule has 2 N–H and O–H groups in total. The number of fused-ring (bicyclic) bond motifs is 1. The predicted molar refractivity (Wildman–Crippen MR) is 82.7 cm³/mol. The van der Waals surface area contributed by atoms with Crippen LogP contribution in [0.15, 0.2) is 29.1 Å². The van der Waals surface area contributed by atoms with E-state index in [0.29, 0.717) is 24.0 Å². The van der Waals surface area contributed by atoms with Gasteiger partial charge < -0.3 is 15.0 Å². The highest BCUT2D eigenvalue weighted by molar-refractivity contribution is 6.02. The average molecular weight is 288 g/mol. The third-order valence-corrected chi connectivity index (χ3v) is 3.26. The fourth-order valence-corrected chi connectivity index (χ4v) is 2.39. The molecule has 1 amide bonds. The van der Waals surface area contributed by atoms with E-state index in [2.05, 4.69) is 5.32 Å². The molecule has 0 spiro atoms. The van der Waals surface area contributed by atoms with Crippen LogP contribution in [0.1, 0.15) is 31.1 Å². The van der Waals surface area contributed by atoms with Gasteiger partial charge in [0.25, 0.3) is 11.5 Å². The summed E-state index contributed by atoms with van der Waals surface area (Å²) in [5.41, 5.74) is 0.00352. The van der Waals surface area contributed by atoms with E-state index in [0.717, 1.165) is 0 Å². The Balaban J connectivity index is 2.81. The lowest BCUT2D eigenvalue weighted by Crippen LogP contribution is -2.34. The smallest absolute Gasteiger partial charge is 0.267 e. The summed E-state index contributed by atoms with van der Waals surface area (Å²) >= 11 is 0. The minimum Gasteiger partial charge on any atom is -0.506 e. The second-order valence-corrected chi connectivity index (χ2v) is 5.41. The molecule has 0 unspecified atom stereocenters. The second-order valence-electron chi connectivity index (χ2n) is 5.41. The normalized spacial score (nSPS) is 11.0. The maximum Gasteiger partial charge on any atom is 0.267 e. The molecule has 0 fully saturated rings. The first-order valence-corrected chi connectivity index (χ1v) is 7.10. The van der Waals surface area contributed by atoms with E-state index >= 15 is 0 Å². The van der Waals surface area contributed by atoms with Crippen molar-refractivity contribution < 1.29 is 9.90 Å². The molecular weight excluding hydrogens is 268 g/mol. The lowest BCUT2D eigenvalue weighted by molar-refractivity contribution is 0.0951. The molecule has 0 aliphatic rings. The number of aromatic hydroxyl groups is 1. The Morgan fingerprint density at radius 3 is 2.62 bits per heavy atom. The molecule has 0 radical (unpaired) electrons. The molecule has 1 heterocycles. The van der Waals surface area contributed by atoms with Gasteiger partial charge in [0.05, 0.1) is 5.52 Å². The Bertz CT molecular complexity index is 732. The van der Waals surface area contributed by atoms with Gasteiger partial charge in [-0.05, 0) is 25.0 Å². The average Bonchev–Trinajstić information content (AvgIpc) is 2.44. The molecule has 2 rings (SSSR count). The van der Waals surface area contributed by atoms with Crippen LogP contribution in [-0.2, 0) is 6.54 Å². The van der Waals surface area contributed by atoms with Crippen LogP contribution in [0.4, 0.5) is 0 Å². The number of pyridine rings is 1. The molecule has 0 aliphatic heterocycles. The zero-order valence-electron chi connectivity index (χ0n) is 12.5. The molecule has 0 bridgehead atoms. The molecule has 2 aromatic rings. The highest BCUT2D eigenvalue weighted by atomic mass is 16.3. The van der Waals surface area contributed by atoms with Crippen molar-refractivity contribution in [1.29, 1.82) is 0 Å². The number of para-hydroxylation sites is 1. The van der Waals surface area contributed by atoms with Crippen molar-refractivity contribution in [2.75, 3.05) is 6.54 Å². The van der Waals surface area contributed by atoms with Gasteiger partial charge in [0.15, 0.2) is 0 Å². The van der Waals surface area contributed by atoms with Gasteiger partial charge in [-0.25, -0.2) is 0 Å². The van der Waals surface area contributed by atoms with Crippen LogP contribution in [0.3, 0.4) is 0 Å². The molecule has 112 valence electrons. The van der Waals surface area contributed by atoms with Gasteiger partial charge in [-0.1, -0.05) is 26.0 Å². The molecule has 5 heteroatoms. The van der Waals surface area contributed by atoms with Gasteiger partial charge in [-0.15, -0.1) is 0 Å². The largest absolute Gasteiger partial charge is 0.506 e. The number of carbonyl (C=O) groups excluding carboxylic acids is 1. The molecule has 5 nitrogen and oxygen atoms in total. The number of amides is 1. The van der Waals surface area contributed by atoms with Crippen molar-refractivity contribution in [2.24, 2.45) is 5.92 Å². The molecule has 1 aromatic heterocycles. The summed E-state index contributed by atoms with van der Waals surface area (Å²) in [6, 6.07) is 7.07. The van der Waals surface area contributed by atoms with E-state index in [1.165, 1.54) is 0 Å². The Morgan fingerprint density at radius 1 is 1.33 bits per heavy atom. The first kappa shape index (κ1) is 15.1. The first-order chi connectivity index (χ1) is 9.97. The summed E-state index contributed by atoms with van der Waals surface area (Å²) < 4.78 is 1.56. The summed E-state index contributed by atoms with van der Waals surface area (Å²) in [4.78, 5) is 24.7. The van der Waals surface area contributed by atoms with Gasteiger partial charge in [0.1, 0.15) is 11.3 Å². The zero-order valence-corrected chi connectivity index (χ0v) is 12.5. The van der Waals surface area contributed by atoms with E-state index in [1.807, 2.05) is 19.9 Å². The topological polar surface area (TPSA) is 71.3 Å². The van der Waals surface area contributed by atoms with E-state index in [-0.39, 0.29) is 17.2 Å². The Morgan fingerprint density at radius 2 is 2.00 bits per heavy atom. The molecule has 0 saturated heterocycles. The van der Waals surface area contributed by atoms with Crippen LogP contribution in [0.2, 0.25) is 0 Å². The Kier molecular flexibility index (Phi) is 4.31. The number of aromatic nitrogens is 1. The quantitative estimate of drug-likeness (QED) is 0.905. The lowest BCUT2D eigenvalue weighted by Gasteiger charge is -2.16. The Labute approximate surface area is 123 Å². The van der Waals surface area contributed by atoms with Gasteiger partial charge in [-0.2, -0.15) is 0 Å². The highest BCUT2D eigenvalue weighted by Gasteiger charge is 2.21. The highest BCUT2D eigenvalue weighted by Crippen LogP contribution is 2.26. The van der Waals surface area contributed by atoms with E-state index in [1.54, 1.807) is 29.7 Å². The number of hydrogen-bond donors (Lipinski definition) is 2. The van der Waals surface area contributed by atoms with Crippen molar-refractivity contribution in [2.45, 2.75) is 27.3 Å². The van der Waals surface area contributed by atoms with Crippen LogP contribution in [-0.4, -0.2) is 22.1 Å². The molecule has 0 aliphatic carbocycles. The molecule has 0 saturated carbocycles. The zero-order chi connectivity index (χ0) is 15.6. The van der Waals surface area contributed by atoms with E-state index in [9.17, 15) is 14.7 Å². The number of nitrogens with zero attached hydrogens (tertiary/aromatic N) is 1. The lowest BCUT2D eigenvalue weighted by atomic mass is 10.1. The predicted octanol–water partition coefficient (Wildman–Crippen LogP) is 2.11. The van der Waals surface area contributed by atoms with Crippen LogP contribution >= 0.6 is 0 Å². The minimum atomic E-state index is -0.539. The molecule has 0 atom stereocenters. The summed E-state index contributed by atoms with van der Waals surface area (Å²) in [6.45, 7) is 6.66. The molecular formula is C16H20N2O3. The third kappa shape index (κ3) is 2.77. The number of hydrogen-bond acceptors (Lipinski definition) is 3. The van der Waals surface area contributed by atoms with Gasteiger partial charge >= 0.3 is 0 Å². The fraction of sp³-hybridized carbons (Fsp3) is 0.375. The minimum absolute atomic E-state index is 0.184. The van der Waals surface area contributed by atoms with Gasteiger partial charge in [0, 0.05) is 18.5 Å². The summed E-state index contributed by atoms with van der Waals surface area (Å²) in [7, 11) is 0. The van der Waals surface area contributed by atoms with Crippen LogP contribution in [0, 0.1) is 5.92 Å². The van der Waals surface area contributed by atoms with Gasteiger partial charge in [-0.3, -0.25) is 9.59 Å². The summed E-state index contributed by atoms with van der Waals surface area (Å²) in [5, 5.41) is 13.4. The third-order valence-electron chi connectivity index (χ3n) is 3.26. The van der Waals surface area contributed by atoms with Crippen molar-refractivity contribution >= 4 is 16.8 Å². The number of nitrogens with one attached hydrogen (secondary N) is 1. The van der Waals surface area contributed by atoms with Crippen molar-refractivity contribution in [1.82, 2.24) is 9.88 Å². The van der Waals surface area contributed by atoms with E-state index < -0.39 is 11.5 Å². The van der Waals surface area contributed by atoms with Crippen LogP contribution < -0.4 is 10.9 Å². The fourth-order valence-electron chi connectivity index (χ4n) is 2.39. The molecule has 21 heavy (non-hydrogen) atoms. The maximum absolute atomic E-state index is 12.6. The summed E-state index contributed by atoms with van der Waals surface area (Å²) in [5.74, 6) is -0.539. The van der Waals surface area contributed by atoms with Gasteiger partial charge in [0.2, 0.25) is 0 Å². The monoisotopic (exact) mass is 288 g/mol. The van der Waals surface area contributed by atoms with Crippen LogP contribution in [0.25, 0.3) is 10.9 Å². The number of carbonyl (C=O) groups is 1. The number of rotatable bonds is 4. The summed E-state index contributed by atoms with van der Waals surface area (Å²) in [6.07, 6.45) is 0. The van der Waals surface area contributed by atoms with Crippen molar-refractivity contribution in [3.63, 3.8) is 0 Å². The standard InChI is InChI=1S/C16H20N2O3/c1-4-17-15(20)13-14(19)11-7-5-6-8-12(11)18(16(13)21)9-10(2)3/h5-8,10,19H,4,9H2,1-3H3,(H,17,20). The second kappa shape index (κ2) is 5.99. The SMILES string of the molecule is CCNC(=O)c1c(O)c2ccccc2n(CC(C)C)c1=O.